The highest BCUT2D eigenvalue weighted by Gasteiger charge is 2.30. The topological polar surface area (TPSA) is 111 Å². The molecule has 0 saturated carbocycles. The zero-order valence-corrected chi connectivity index (χ0v) is 16.6. The van der Waals surface area contributed by atoms with Crippen molar-refractivity contribution in [3.63, 3.8) is 0 Å². The van der Waals surface area contributed by atoms with Gasteiger partial charge in [-0.1, -0.05) is 29.8 Å². The van der Waals surface area contributed by atoms with Crippen molar-refractivity contribution in [2.24, 2.45) is 5.10 Å². The van der Waals surface area contributed by atoms with Gasteiger partial charge in [-0.2, -0.15) is 5.10 Å². The number of nitrogens with one attached hydrogen (secondary N) is 1. The van der Waals surface area contributed by atoms with E-state index in [9.17, 15) is 20.2 Å². The molecule has 0 radical (unpaired) electrons. The summed E-state index contributed by atoms with van der Waals surface area (Å²) in [6.45, 7) is 2.09. The molecular weight excluding hydrogens is 392 g/mol. The van der Waals surface area contributed by atoms with Gasteiger partial charge in [-0.15, -0.1) is 11.8 Å². The molecule has 0 saturated heterocycles. The van der Waals surface area contributed by atoms with Gasteiger partial charge in [0.15, 0.2) is 0 Å². The van der Waals surface area contributed by atoms with Crippen molar-refractivity contribution in [1.82, 2.24) is 0 Å². The Morgan fingerprint density at radius 3 is 2.55 bits per heavy atom. The van der Waals surface area contributed by atoms with Crippen LogP contribution in [0.25, 0.3) is 0 Å². The fourth-order valence-electron chi connectivity index (χ4n) is 3.21. The minimum absolute atomic E-state index is 0.105. The number of allylic oxidation sites excluding steroid dienone is 1. The summed E-state index contributed by atoms with van der Waals surface area (Å²) in [4.78, 5) is 21.9. The molecule has 2 aromatic rings. The molecule has 29 heavy (non-hydrogen) atoms. The van der Waals surface area contributed by atoms with E-state index >= 15 is 0 Å². The minimum atomic E-state index is -0.666. The van der Waals surface area contributed by atoms with Gasteiger partial charge in [0.2, 0.25) is 0 Å². The van der Waals surface area contributed by atoms with Crippen LogP contribution in [0.5, 0.6) is 0 Å². The number of benzene rings is 2. The summed E-state index contributed by atoms with van der Waals surface area (Å²) in [6.07, 6.45) is 6.89. The number of thioether (sulfide) groups is 1. The normalized spacial score (nSPS) is 19.0. The summed E-state index contributed by atoms with van der Waals surface area (Å²) in [5, 5.41) is 26.4. The summed E-state index contributed by atoms with van der Waals surface area (Å²) in [6, 6.07) is 13.4. The Balaban J connectivity index is 1.86. The molecule has 0 bridgehead atoms. The smallest absolute Gasteiger partial charge is 0.272 e. The molecule has 2 aromatic carbocycles. The molecule has 0 heterocycles. The van der Waals surface area contributed by atoms with Crippen molar-refractivity contribution in [3.05, 3.63) is 80.4 Å². The summed E-state index contributed by atoms with van der Waals surface area (Å²) in [5.74, 6) is 0. The second-order valence-electron chi connectivity index (χ2n) is 6.80. The van der Waals surface area contributed by atoms with Gasteiger partial charge in [-0.05, 0) is 44.4 Å². The van der Waals surface area contributed by atoms with Crippen molar-refractivity contribution in [2.45, 2.75) is 35.8 Å². The maximum absolute atomic E-state index is 11.3. The van der Waals surface area contributed by atoms with Crippen molar-refractivity contribution in [2.75, 3.05) is 5.43 Å². The Bertz CT molecular complexity index is 978. The number of hydrogen-bond acceptors (Lipinski definition) is 7. The van der Waals surface area contributed by atoms with Crippen LogP contribution in [-0.2, 0) is 0 Å². The predicted octanol–water partition coefficient (Wildman–Crippen LogP) is 5.56. The lowest BCUT2D eigenvalue weighted by atomic mass is 9.91. The number of anilines is 1. The van der Waals surface area contributed by atoms with E-state index in [-0.39, 0.29) is 16.1 Å². The Hall–Kier alpha value is -3.20. The van der Waals surface area contributed by atoms with Crippen molar-refractivity contribution in [1.29, 1.82) is 0 Å². The second kappa shape index (κ2) is 8.87. The third-order valence-corrected chi connectivity index (χ3v) is 5.85. The molecule has 9 heteroatoms. The molecule has 1 atom stereocenters. The van der Waals surface area contributed by atoms with Crippen LogP contribution in [0.15, 0.2) is 70.2 Å². The maximum Gasteiger partial charge on any atom is 0.301 e. The lowest BCUT2D eigenvalue weighted by Crippen LogP contribution is -2.27. The van der Waals surface area contributed by atoms with Crippen LogP contribution in [0.1, 0.15) is 26.2 Å². The van der Waals surface area contributed by atoms with Gasteiger partial charge >= 0.3 is 5.69 Å². The summed E-state index contributed by atoms with van der Waals surface area (Å²) in [7, 11) is 0. The van der Waals surface area contributed by atoms with Gasteiger partial charge < -0.3 is 0 Å². The molecular formula is C20H20N4O4S. The van der Waals surface area contributed by atoms with Crippen molar-refractivity contribution >= 4 is 35.0 Å². The van der Waals surface area contributed by atoms with E-state index in [1.807, 2.05) is 30.3 Å². The molecule has 8 nitrogen and oxygen atoms in total. The molecule has 0 aliphatic heterocycles. The van der Waals surface area contributed by atoms with Crippen LogP contribution in [0.2, 0.25) is 0 Å². The fourth-order valence-corrected chi connectivity index (χ4v) is 4.56. The zero-order valence-electron chi connectivity index (χ0n) is 15.8. The summed E-state index contributed by atoms with van der Waals surface area (Å²) < 4.78 is -0.369. The Labute approximate surface area is 172 Å². The van der Waals surface area contributed by atoms with Gasteiger partial charge in [-0.3, -0.25) is 25.7 Å². The van der Waals surface area contributed by atoms with E-state index in [0.29, 0.717) is 0 Å². The van der Waals surface area contributed by atoms with E-state index in [1.54, 1.807) is 18.0 Å². The number of nitro groups is 2. The first kappa shape index (κ1) is 20.5. The second-order valence-corrected chi connectivity index (χ2v) is 8.24. The minimum Gasteiger partial charge on any atom is -0.272 e. The Morgan fingerprint density at radius 2 is 1.90 bits per heavy atom. The monoisotopic (exact) mass is 412 g/mol. The predicted molar refractivity (Wildman–Crippen MR) is 115 cm³/mol. The third-order valence-electron chi connectivity index (χ3n) is 4.54. The lowest BCUT2D eigenvalue weighted by molar-refractivity contribution is -0.393. The number of hydrazone groups is 1. The maximum atomic E-state index is 11.3. The van der Waals surface area contributed by atoms with Gasteiger partial charge in [0.05, 0.1) is 20.7 Å². The first-order valence-corrected chi connectivity index (χ1v) is 9.86. The largest absolute Gasteiger partial charge is 0.301 e. The molecule has 150 valence electrons. The molecule has 1 N–H and O–H groups in total. The summed E-state index contributed by atoms with van der Waals surface area (Å²) >= 11 is 1.68. The van der Waals surface area contributed by atoms with E-state index in [4.69, 9.17) is 0 Å². The van der Waals surface area contributed by atoms with Crippen LogP contribution in [0.3, 0.4) is 0 Å². The average molecular weight is 412 g/mol. The summed E-state index contributed by atoms with van der Waals surface area (Å²) in [5.41, 5.74) is 3.34. The third kappa shape index (κ3) is 5.20. The number of rotatable bonds is 7. The van der Waals surface area contributed by atoms with Gasteiger partial charge in [0, 0.05) is 17.2 Å². The number of non-ortho nitro benzene ring substituents is 1. The van der Waals surface area contributed by atoms with Gasteiger partial charge in [0.25, 0.3) is 5.69 Å². The van der Waals surface area contributed by atoms with Gasteiger partial charge in [-0.25, -0.2) is 0 Å². The molecule has 0 fully saturated rings. The van der Waals surface area contributed by atoms with Crippen LogP contribution < -0.4 is 5.43 Å². The fraction of sp³-hybridized carbons (Fsp3) is 0.250. The van der Waals surface area contributed by atoms with E-state index in [0.717, 1.165) is 30.2 Å². The van der Waals surface area contributed by atoms with Crippen LogP contribution in [0, 0.1) is 20.2 Å². The molecule has 1 aliphatic rings. The highest BCUT2D eigenvalue weighted by atomic mass is 32.2. The molecule has 0 aromatic heterocycles. The quantitative estimate of drug-likeness (QED) is 0.276. The SMILES string of the molecule is CC1=C[C@](/C=N\Nc2ccc([N+](=O)[O-])cc2[N+](=O)[O-])(Sc2ccccc2)CCC1. The lowest BCUT2D eigenvalue weighted by Gasteiger charge is -2.30. The Kier molecular flexibility index (Phi) is 6.28. The first-order valence-electron chi connectivity index (χ1n) is 9.04. The van der Waals surface area contributed by atoms with Crippen LogP contribution >= 0.6 is 11.8 Å². The van der Waals surface area contributed by atoms with Crippen molar-refractivity contribution in [3.8, 4) is 0 Å². The molecule has 0 unspecified atom stereocenters. The number of nitrogens with zero attached hydrogens (tertiary/aromatic N) is 3. The Morgan fingerprint density at radius 1 is 1.14 bits per heavy atom. The standard InChI is InChI=1S/C20H20N4O4S/c1-15-6-5-11-20(13-15,29-17-7-3-2-4-8-17)14-21-22-18-10-9-16(23(25)26)12-19(18)24(27)28/h2-4,7-10,12-14,22H,5-6,11H2,1H3/b21-14-/t20-/m1/s1. The van der Waals surface area contributed by atoms with E-state index in [1.165, 1.54) is 17.7 Å². The van der Waals surface area contributed by atoms with E-state index < -0.39 is 15.5 Å². The highest BCUT2D eigenvalue weighted by Crippen LogP contribution is 2.41. The zero-order chi connectivity index (χ0) is 20.9. The molecule has 3 rings (SSSR count). The van der Waals surface area contributed by atoms with Crippen molar-refractivity contribution < 1.29 is 9.85 Å². The molecule has 1 aliphatic carbocycles. The molecule has 0 spiro atoms. The number of hydrogen-bond donors (Lipinski definition) is 1. The number of nitro benzene ring substituents is 2. The highest BCUT2D eigenvalue weighted by molar-refractivity contribution is 8.01. The average Bonchev–Trinajstić information content (AvgIpc) is 2.68. The van der Waals surface area contributed by atoms with Crippen LogP contribution in [0.4, 0.5) is 17.1 Å². The first-order chi connectivity index (χ1) is 13.9. The molecule has 0 amide bonds. The van der Waals surface area contributed by atoms with E-state index in [2.05, 4.69) is 23.5 Å². The van der Waals surface area contributed by atoms with Gasteiger partial charge in [0.1, 0.15) is 5.69 Å². The van der Waals surface area contributed by atoms with Crippen LogP contribution in [-0.4, -0.2) is 20.8 Å².